The summed E-state index contributed by atoms with van der Waals surface area (Å²) in [4.78, 5) is 0. The summed E-state index contributed by atoms with van der Waals surface area (Å²) < 4.78 is 22.3. The van der Waals surface area contributed by atoms with Gasteiger partial charge in [0.2, 0.25) is 0 Å². The second-order valence-corrected chi connectivity index (χ2v) is 1.95. The van der Waals surface area contributed by atoms with Gasteiger partial charge in [-0.25, -0.2) is 0 Å². The Morgan fingerprint density at radius 1 is 1.70 bits per heavy atom. The molecule has 50 valence electrons. The van der Waals surface area contributed by atoms with Crippen molar-refractivity contribution in [3.05, 3.63) is 24.3 Å². The molecule has 3 N–H and O–H groups in total. The topological polar surface area (TPSA) is 54.7 Å². The zero-order chi connectivity index (χ0) is 9.59. The van der Waals surface area contributed by atoms with E-state index in [1.807, 2.05) is 0 Å². The number of nitrogens with one attached hydrogen (secondary N) is 1. The molecule has 0 radical (unpaired) electrons. The Bertz CT molecular complexity index is 477. The average Bonchev–Trinajstić information content (AvgIpc) is 2.43. The van der Waals surface area contributed by atoms with Gasteiger partial charge in [-0.3, -0.25) is 5.10 Å². The summed E-state index contributed by atoms with van der Waals surface area (Å²) in [5.74, 6) is 0. The first-order chi connectivity index (χ1) is 6.11. The number of hydrogen-bond donors (Lipinski definition) is 2. The molecule has 0 amide bonds. The Morgan fingerprint density at radius 3 is 3.50 bits per heavy atom. The van der Waals surface area contributed by atoms with E-state index < -0.39 is 0 Å². The number of rotatable bonds is 0. The molecule has 1 aromatic heterocycles. The first-order valence-corrected chi connectivity index (χ1v) is 2.81. The van der Waals surface area contributed by atoms with Crippen LogP contribution in [0.4, 0.5) is 5.69 Å². The third kappa shape index (κ3) is 0.639. The minimum atomic E-state index is -0.00769. The number of nitrogens with zero attached hydrogens (tertiary/aromatic N) is 1. The predicted octanol–water partition coefficient (Wildman–Crippen LogP) is 1.15. The smallest absolute Gasteiger partial charge is 0.0866 e. The van der Waals surface area contributed by atoms with Gasteiger partial charge < -0.3 is 5.73 Å². The fourth-order valence-electron chi connectivity index (χ4n) is 0.781. The van der Waals surface area contributed by atoms with Gasteiger partial charge in [0.05, 0.1) is 15.8 Å². The Kier molecular flexibility index (Phi) is 0.529. The lowest BCUT2D eigenvalue weighted by molar-refractivity contribution is 1.12. The van der Waals surface area contributed by atoms with E-state index >= 15 is 0 Å². The molecule has 0 bridgehead atoms. The van der Waals surface area contributed by atoms with Crippen molar-refractivity contribution in [2.45, 2.75) is 0 Å². The molecule has 2 aromatic rings. The molecule has 1 aromatic carbocycles. The highest BCUT2D eigenvalue weighted by atomic mass is 15.1. The number of benzene rings is 1. The molecule has 0 spiro atoms. The summed E-state index contributed by atoms with van der Waals surface area (Å²) in [5, 5.41) is 6.55. The van der Waals surface area contributed by atoms with Crippen LogP contribution in [-0.4, -0.2) is 10.2 Å². The van der Waals surface area contributed by atoms with E-state index in [2.05, 4.69) is 10.2 Å². The number of aromatic nitrogens is 2. The first kappa shape index (κ1) is 3.05. The van der Waals surface area contributed by atoms with Gasteiger partial charge in [0.25, 0.3) is 0 Å². The Balaban J connectivity index is 2.97. The van der Waals surface area contributed by atoms with Gasteiger partial charge in [0.15, 0.2) is 0 Å². The van der Waals surface area contributed by atoms with Gasteiger partial charge in [-0.05, 0) is 18.2 Å². The monoisotopic (exact) mass is 136 g/mol. The number of aromatic amines is 1. The molecule has 0 fully saturated rings. The van der Waals surface area contributed by atoms with Crippen molar-refractivity contribution in [3.63, 3.8) is 0 Å². The summed E-state index contributed by atoms with van der Waals surface area (Å²) >= 11 is 0. The number of anilines is 1. The van der Waals surface area contributed by atoms with Crippen LogP contribution in [0.1, 0.15) is 4.11 Å². The molecule has 0 aliphatic rings. The molecular formula is C7H7N3. The van der Waals surface area contributed by atoms with Gasteiger partial charge in [-0.2, -0.15) is 5.10 Å². The van der Waals surface area contributed by atoms with Crippen LogP contribution < -0.4 is 5.73 Å². The number of hydrogen-bond acceptors (Lipinski definition) is 2. The maximum atomic E-state index is 7.56. The van der Waals surface area contributed by atoms with Crippen LogP contribution in [0.3, 0.4) is 0 Å². The zero-order valence-corrected chi connectivity index (χ0v) is 5.10. The van der Waals surface area contributed by atoms with E-state index in [1.54, 1.807) is 0 Å². The molecule has 0 saturated heterocycles. The van der Waals surface area contributed by atoms with Crippen molar-refractivity contribution in [3.8, 4) is 0 Å². The van der Waals surface area contributed by atoms with Crippen LogP contribution >= 0.6 is 0 Å². The van der Waals surface area contributed by atoms with Gasteiger partial charge in [0.1, 0.15) is 0 Å². The Labute approximate surface area is 62.1 Å². The van der Waals surface area contributed by atoms with E-state index in [4.69, 9.17) is 9.85 Å². The first-order valence-electron chi connectivity index (χ1n) is 4.31. The molecule has 3 nitrogen and oxygen atoms in total. The van der Waals surface area contributed by atoms with Gasteiger partial charge in [-0.15, -0.1) is 0 Å². The minimum absolute atomic E-state index is 0.00116. The number of nitrogens with two attached hydrogens (primary N) is 1. The van der Waals surface area contributed by atoms with E-state index in [0.29, 0.717) is 10.9 Å². The summed E-state index contributed by atoms with van der Waals surface area (Å²) in [6, 6.07) is 1.55. The van der Waals surface area contributed by atoms with Crippen LogP contribution in [0.5, 0.6) is 0 Å². The molecule has 0 unspecified atom stereocenters. The van der Waals surface area contributed by atoms with E-state index in [1.165, 1.54) is 6.07 Å². The SMILES string of the molecule is [2H]c1cc2[nH]nc([2H])c2c([2H])c1N. The number of H-pyrrole nitrogens is 1. The zero-order valence-electron chi connectivity index (χ0n) is 8.10. The molecule has 2 rings (SSSR count). The number of nitrogen functional groups attached to an aromatic ring is 1. The molecule has 1 heterocycles. The third-order valence-corrected chi connectivity index (χ3v) is 1.25. The average molecular weight is 136 g/mol. The summed E-state index contributed by atoms with van der Waals surface area (Å²) in [6.07, 6.45) is -0.00769. The van der Waals surface area contributed by atoms with Gasteiger partial charge >= 0.3 is 0 Å². The fraction of sp³-hybridized carbons (Fsp3) is 0. The molecule has 0 saturated carbocycles. The van der Waals surface area contributed by atoms with Crippen molar-refractivity contribution in [1.82, 2.24) is 10.2 Å². The molecule has 0 aliphatic carbocycles. The maximum Gasteiger partial charge on any atom is 0.0866 e. The highest BCUT2D eigenvalue weighted by molar-refractivity contribution is 5.81. The molecule has 0 aliphatic heterocycles. The molecular weight excluding hydrogens is 126 g/mol. The lowest BCUT2D eigenvalue weighted by Crippen LogP contribution is -1.81. The quantitative estimate of drug-likeness (QED) is 0.534. The van der Waals surface area contributed by atoms with Crippen molar-refractivity contribution in [2.75, 3.05) is 5.73 Å². The fourth-order valence-corrected chi connectivity index (χ4v) is 0.781. The molecule has 10 heavy (non-hydrogen) atoms. The molecule has 0 atom stereocenters. The van der Waals surface area contributed by atoms with Gasteiger partial charge in [-0.1, -0.05) is 0 Å². The summed E-state index contributed by atoms with van der Waals surface area (Å²) in [7, 11) is 0. The minimum Gasteiger partial charge on any atom is -0.399 e. The number of fused-ring (bicyclic) bond motifs is 1. The van der Waals surface area contributed by atoms with E-state index in [9.17, 15) is 0 Å². The predicted molar refractivity (Wildman–Crippen MR) is 40.5 cm³/mol. The van der Waals surface area contributed by atoms with Gasteiger partial charge in [0, 0.05) is 11.1 Å². The standard InChI is InChI=1S/C7H7N3/c8-6-1-2-7-5(3-6)4-9-10-7/h1-4H,8H2,(H,9,10)/i1D,3D,4D. The van der Waals surface area contributed by atoms with Crippen LogP contribution in [0.25, 0.3) is 10.9 Å². The van der Waals surface area contributed by atoms with Crippen LogP contribution in [0.15, 0.2) is 24.3 Å². The van der Waals surface area contributed by atoms with Crippen molar-refractivity contribution in [1.29, 1.82) is 0 Å². The van der Waals surface area contributed by atoms with Crippen molar-refractivity contribution >= 4 is 16.6 Å². The second kappa shape index (κ2) is 1.73. The van der Waals surface area contributed by atoms with E-state index in [0.717, 1.165) is 0 Å². The lowest BCUT2D eigenvalue weighted by atomic mass is 10.2. The maximum absolute atomic E-state index is 7.56. The van der Waals surface area contributed by atoms with Crippen LogP contribution in [0, 0.1) is 0 Å². The van der Waals surface area contributed by atoms with Crippen LogP contribution in [-0.2, 0) is 0 Å². The lowest BCUT2D eigenvalue weighted by Gasteiger charge is -1.89. The summed E-state index contributed by atoms with van der Waals surface area (Å²) in [6.45, 7) is 0. The Hall–Kier alpha value is -1.51. The Morgan fingerprint density at radius 2 is 2.60 bits per heavy atom. The third-order valence-electron chi connectivity index (χ3n) is 1.25. The normalized spacial score (nSPS) is 14.6. The highest BCUT2D eigenvalue weighted by Crippen LogP contribution is 2.13. The summed E-state index contributed by atoms with van der Waals surface area (Å²) in [5.41, 5.74) is 6.07. The highest BCUT2D eigenvalue weighted by Gasteiger charge is 1.92. The largest absolute Gasteiger partial charge is 0.399 e. The van der Waals surface area contributed by atoms with Crippen molar-refractivity contribution in [2.24, 2.45) is 0 Å². The second-order valence-electron chi connectivity index (χ2n) is 1.95. The van der Waals surface area contributed by atoms with Crippen LogP contribution in [0.2, 0.25) is 0 Å². The molecule has 3 heteroatoms. The van der Waals surface area contributed by atoms with E-state index in [-0.39, 0.29) is 23.9 Å². The van der Waals surface area contributed by atoms with Crippen molar-refractivity contribution < 1.29 is 4.11 Å².